The van der Waals surface area contributed by atoms with Gasteiger partial charge in [-0.2, -0.15) is 0 Å². The minimum absolute atomic E-state index is 0.0333. The Morgan fingerprint density at radius 1 is 0.302 bits per heavy atom. The highest BCUT2D eigenvalue weighted by atomic mass is 31.2. The second-order valence-corrected chi connectivity index (χ2v) is 27.7. The van der Waals surface area contributed by atoms with E-state index in [2.05, 4.69) is 125 Å². The van der Waals surface area contributed by atoms with Gasteiger partial charge in [-0.25, -0.2) is 9.13 Å². The molecule has 3 N–H and O–H groups in total. The Morgan fingerprint density at radius 2 is 0.542 bits per heavy atom. The maximum absolute atomic E-state index is 13.1. The first-order valence-corrected chi connectivity index (χ1v) is 40.5. The molecule has 0 rings (SSSR count). The van der Waals surface area contributed by atoms with Crippen LogP contribution in [-0.4, -0.2) is 96.7 Å². The number of allylic oxidation sites excluding steroid dienone is 16. The lowest BCUT2D eigenvalue weighted by atomic mass is 10.0. The largest absolute Gasteiger partial charge is 0.472 e. The van der Waals surface area contributed by atoms with Crippen molar-refractivity contribution in [2.45, 2.75) is 329 Å². The molecule has 0 aromatic heterocycles. The Balaban J connectivity index is 5.38. The van der Waals surface area contributed by atoms with Gasteiger partial charge in [0.05, 0.1) is 26.4 Å². The van der Waals surface area contributed by atoms with E-state index < -0.39 is 97.5 Å². The lowest BCUT2D eigenvalue weighted by Gasteiger charge is -2.21. The second-order valence-electron chi connectivity index (χ2n) is 24.8. The highest BCUT2D eigenvalue weighted by Gasteiger charge is 2.30. The fourth-order valence-electron chi connectivity index (χ4n) is 9.91. The molecule has 0 saturated carbocycles. The summed E-state index contributed by atoms with van der Waals surface area (Å²) in [6.07, 6.45) is 71.3. The topological polar surface area (TPSA) is 237 Å². The van der Waals surface area contributed by atoms with Crippen molar-refractivity contribution in [3.63, 3.8) is 0 Å². The van der Waals surface area contributed by atoms with E-state index in [1.54, 1.807) is 0 Å². The van der Waals surface area contributed by atoms with Crippen LogP contribution in [0, 0.1) is 0 Å². The van der Waals surface area contributed by atoms with Gasteiger partial charge in [-0.05, 0) is 103 Å². The summed E-state index contributed by atoms with van der Waals surface area (Å²) in [6, 6.07) is 0. The summed E-state index contributed by atoms with van der Waals surface area (Å²) in [5, 5.41) is 10.6. The number of aliphatic hydroxyl groups excluding tert-OH is 1. The molecular weight excluding hydrogens is 1260 g/mol. The molecule has 96 heavy (non-hydrogen) atoms. The van der Waals surface area contributed by atoms with Crippen LogP contribution < -0.4 is 0 Å². The summed E-state index contributed by atoms with van der Waals surface area (Å²) < 4.78 is 68.3. The zero-order chi connectivity index (χ0) is 70.4. The van der Waals surface area contributed by atoms with Crippen LogP contribution in [0.15, 0.2) is 97.2 Å². The van der Waals surface area contributed by atoms with Crippen LogP contribution in [0.3, 0.4) is 0 Å². The normalized spacial score (nSPS) is 14.5. The van der Waals surface area contributed by atoms with Gasteiger partial charge in [-0.15, -0.1) is 0 Å². The molecule has 5 unspecified atom stereocenters. The highest BCUT2D eigenvalue weighted by molar-refractivity contribution is 7.47. The Morgan fingerprint density at radius 3 is 0.833 bits per heavy atom. The van der Waals surface area contributed by atoms with Crippen LogP contribution in [-0.2, 0) is 65.4 Å². The highest BCUT2D eigenvalue weighted by Crippen LogP contribution is 2.45. The van der Waals surface area contributed by atoms with Crippen molar-refractivity contribution in [1.82, 2.24) is 0 Å². The molecule has 5 atom stereocenters. The Bertz CT molecular complexity index is 2200. The predicted octanol–water partition coefficient (Wildman–Crippen LogP) is 21.2. The monoisotopic (exact) mass is 1390 g/mol. The third-order valence-corrected chi connectivity index (χ3v) is 17.5. The van der Waals surface area contributed by atoms with Gasteiger partial charge >= 0.3 is 39.5 Å². The van der Waals surface area contributed by atoms with Gasteiger partial charge in [0.15, 0.2) is 12.2 Å². The summed E-state index contributed by atoms with van der Waals surface area (Å²) in [6.45, 7) is 4.56. The molecule has 0 aliphatic carbocycles. The lowest BCUT2D eigenvalue weighted by Crippen LogP contribution is -2.30. The molecule has 0 aliphatic heterocycles. The molecule has 0 aliphatic rings. The summed E-state index contributed by atoms with van der Waals surface area (Å²) in [5.41, 5.74) is 0. The standard InChI is InChI=1S/C77H134O17P2/c1-5-9-13-17-21-25-29-32-35-38-42-45-49-53-57-61-74(79)87-67-72(93-76(81)63-59-55-51-47-41-28-24-20-16-12-8-4)69-91-95(83,84)89-65-71(78)66-90-96(85,86)92-70-73(94-77(82)64-60-56-52-48-44-40-37-34-31-27-23-19-15-11-7-3)68-88-75(80)62-58-54-50-46-43-39-36-33-30-26-22-18-14-10-6-2/h10-11,14-15,22-23,26-27,33-34,36-37,43-44,46,48,71-73,78H,5-9,12-13,16-21,24-25,28-32,35,38-42,45,47,49-70H2,1-4H3,(H,83,84)(H,85,86)/b14-10-,15-11-,26-22-,27-23-,36-33-,37-34-,46-43-,48-44-. The first-order valence-electron chi connectivity index (χ1n) is 37.5. The zero-order valence-corrected chi connectivity index (χ0v) is 62.1. The van der Waals surface area contributed by atoms with Gasteiger partial charge < -0.3 is 33.8 Å². The maximum atomic E-state index is 13.1. The van der Waals surface area contributed by atoms with Crippen LogP contribution >= 0.6 is 15.6 Å². The lowest BCUT2D eigenvalue weighted by molar-refractivity contribution is -0.161. The van der Waals surface area contributed by atoms with Crippen molar-refractivity contribution in [2.75, 3.05) is 39.6 Å². The number of aliphatic hydroxyl groups is 1. The van der Waals surface area contributed by atoms with E-state index in [0.29, 0.717) is 32.1 Å². The minimum Gasteiger partial charge on any atom is -0.462 e. The third-order valence-electron chi connectivity index (χ3n) is 15.6. The van der Waals surface area contributed by atoms with Gasteiger partial charge in [0.25, 0.3) is 0 Å². The van der Waals surface area contributed by atoms with Crippen molar-refractivity contribution in [2.24, 2.45) is 0 Å². The molecular formula is C77H134O17P2. The average molecular weight is 1390 g/mol. The van der Waals surface area contributed by atoms with E-state index in [1.807, 2.05) is 0 Å². The average Bonchev–Trinajstić information content (AvgIpc) is 1.09. The zero-order valence-electron chi connectivity index (χ0n) is 60.3. The molecule has 17 nitrogen and oxygen atoms in total. The SMILES string of the molecule is CC/C=C\C/C=C\C/C=C\C/C=C\CCCCC(=O)OCC(COP(=O)(O)OCC(O)COP(=O)(O)OCC(COC(=O)CCCCCCCCCCCCCCCCC)OC(=O)CCCCCCCCCCCCC)OC(=O)CCCC/C=C\C/C=C\C/C=C\C/C=C\CC. The van der Waals surface area contributed by atoms with Crippen molar-refractivity contribution < 1.29 is 80.2 Å². The number of carbonyl (C=O) groups is 4. The van der Waals surface area contributed by atoms with Gasteiger partial charge in [-0.1, -0.05) is 279 Å². The third kappa shape index (κ3) is 68.5. The van der Waals surface area contributed by atoms with Crippen LogP contribution in [0.4, 0.5) is 0 Å². The molecule has 19 heteroatoms. The number of phosphoric acid groups is 2. The minimum atomic E-state index is -4.99. The van der Waals surface area contributed by atoms with Crippen LogP contribution in [0.1, 0.15) is 310 Å². The summed E-state index contributed by atoms with van der Waals surface area (Å²) in [7, 11) is -9.96. The molecule has 0 saturated heterocycles. The van der Waals surface area contributed by atoms with Crippen molar-refractivity contribution in [3.05, 3.63) is 97.2 Å². The van der Waals surface area contributed by atoms with Crippen LogP contribution in [0.2, 0.25) is 0 Å². The van der Waals surface area contributed by atoms with Gasteiger partial charge in [0, 0.05) is 25.7 Å². The van der Waals surface area contributed by atoms with E-state index >= 15 is 0 Å². The molecule has 0 aromatic carbocycles. The molecule has 0 amide bonds. The Kier molecular flexibility index (Phi) is 66.6. The van der Waals surface area contributed by atoms with Crippen molar-refractivity contribution in [3.8, 4) is 0 Å². The van der Waals surface area contributed by atoms with Gasteiger partial charge in [0.1, 0.15) is 19.3 Å². The smallest absolute Gasteiger partial charge is 0.462 e. The van der Waals surface area contributed by atoms with Crippen molar-refractivity contribution in [1.29, 1.82) is 0 Å². The molecule has 0 aromatic rings. The van der Waals surface area contributed by atoms with Crippen LogP contribution in [0.5, 0.6) is 0 Å². The Hall–Kier alpha value is -4.02. The van der Waals surface area contributed by atoms with E-state index in [-0.39, 0.29) is 25.7 Å². The van der Waals surface area contributed by atoms with Gasteiger partial charge in [0.2, 0.25) is 0 Å². The molecule has 0 spiro atoms. The fourth-order valence-corrected chi connectivity index (χ4v) is 11.5. The second kappa shape index (κ2) is 69.5. The molecule has 0 fully saturated rings. The summed E-state index contributed by atoms with van der Waals surface area (Å²) in [4.78, 5) is 72.7. The molecule has 554 valence electrons. The van der Waals surface area contributed by atoms with Crippen LogP contribution in [0.25, 0.3) is 0 Å². The summed E-state index contributed by atoms with van der Waals surface area (Å²) >= 11 is 0. The first kappa shape index (κ1) is 92.0. The maximum Gasteiger partial charge on any atom is 0.472 e. The number of phosphoric ester groups is 2. The molecule has 0 radical (unpaired) electrons. The Labute approximate surface area is 582 Å². The number of hydrogen-bond donors (Lipinski definition) is 3. The van der Waals surface area contributed by atoms with Gasteiger partial charge in [-0.3, -0.25) is 37.3 Å². The number of ether oxygens (including phenoxy) is 4. The van der Waals surface area contributed by atoms with E-state index in [4.69, 9.17) is 37.0 Å². The number of hydrogen-bond acceptors (Lipinski definition) is 15. The quantitative estimate of drug-likeness (QED) is 0.0169. The predicted molar refractivity (Wildman–Crippen MR) is 390 cm³/mol. The number of rotatable bonds is 70. The van der Waals surface area contributed by atoms with Crippen molar-refractivity contribution >= 4 is 39.5 Å². The first-order chi connectivity index (χ1) is 46.7. The van der Waals surface area contributed by atoms with E-state index in [1.165, 1.54) is 109 Å². The summed E-state index contributed by atoms with van der Waals surface area (Å²) in [5.74, 6) is -2.26. The van der Waals surface area contributed by atoms with E-state index in [0.717, 1.165) is 116 Å². The molecule has 0 bridgehead atoms. The number of esters is 4. The van der Waals surface area contributed by atoms with E-state index in [9.17, 15) is 43.2 Å². The number of carbonyl (C=O) groups excluding carboxylic acids is 4. The molecule has 0 heterocycles. The number of unbranched alkanes of at least 4 members (excludes halogenated alkanes) is 28. The fraction of sp³-hybridized carbons (Fsp3) is 0.740.